The van der Waals surface area contributed by atoms with E-state index in [-0.39, 0.29) is 5.91 Å². The summed E-state index contributed by atoms with van der Waals surface area (Å²) in [5.41, 5.74) is 2.89. The highest BCUT2D eigenvalue weighted by Gasteiger charge is 2.21. The van der Waals surface area contributed by atoms with Crippen molar-refractivity contribution in [3.05, 3.63) is 53.1 Å². The molecule has 0 bridgehead atoms. The van der Waals surface area contributed by atoms with E-state index in [0.29, 0.717) is 42.6 Å². The second kappa shape index (κ2) is 10.0. The van der Waals surface area contributed by atoms with Crippen molar-refractivity contribution < 1.29 is 19.0 Å². The van der Waals surface area contributed by atoms with Gasteiger partial charge in [-0.2, -0.15) is 0 Å². The summed E-state index contributed by atoms with van der Waals surface area (Å²) in [5.74, 6) is 1.44. The van der Waals surface area contributed by atoms with Gasteiger partial charge in [0.15, 0.2) is 11.5 Å². The molecule has 7 nitrogen and oxygen atoms in total. The molecule has 0 atom stereocenters. The fraction of sp³-hybridized carbons (Fsp3) is 0.458. The molecule has 31 heavy (non-hydrogen) atoms. The summed E-state index contributed by atoms with van der Waals surface area (Å²) < 4.78 is 16.7. The van der Waals surface area contributed by atoms with E-state index in [9.17, 15) is 4.79 Å². The number of likely N-dealkylation sites (N-methyl/N-ethyl adjacent to an activating group) is 1. The van der Waals surface area contributed by atoms with Gasteiger partial charge in [0.25, 0.3) is 5.91 Å². The zero-order valence-electron chi connectivity index (χ0n) is 18.4. The maximum absolute atomic E-state index is 12.9. The lowest BCUT2D eigenvalue weighted by Crippen LogP contribution is -2.45. The van der Waals surface area contributed by atoms with E-state index in [2.05, 4.69) is 40.2 Å². The molecule has 1 N–H and O–H groups in total. The number of carbonyl (C=O) groups is 1. The Balaban J connectivity index is 1.41. The number of rotatable bonds is 7. The van der Waals surface area contributed by atoms with Crippen LogP contribution >= 0.6 is 0 Å². The zero-order chi connectivity index (χ0) is 21.6. The molecule has 2 aromatic carbocycles. The third-order valence-corrected chi connectivity index (χ3v) is 5.95. The third-order valence-electron chi connectivity index (χ3n) is 5.95. The molecule has 0 spiro atoms. The Hall–Kier alpha value is -2.77. The number of nitrogens with one attached hydrogen (secondary N) is 1. The third kappa shape index (κ3) is 5.11. The molecule has 0 saturated carbocycles. The van der Waals surface area contributed by atoms with Crippen molar-refractivity contribution in [2.75, 3.05) is 53.0 Å². The molecule has 2 aliphatic rings. The van der Waals surface area contributed by atoms with Crippen LogP contribution in [0, 0.1) is 0 Å². The van der Waals surface area contributed by atoms with Crippen molar-refractivity contribution in [3.8, 4) is 17.2 Å². The molecule has 2 aliphatic heterocycles. The second-order valence-electron chi connectivity index (χ2n) is 7.86. The van der Waals surface area contributed by atoms with E-state index >= 15 is 0 Å². The lowest BCUT2D eigenvalue weighted by Gasteiger charge is -2.34. The largest absolute Gasteiger partial charge is 0.493 e. The molecule has 1 amide bonds. The molecule has 0 aliphatic carbocycles. The summed E-state index contributed by atoms with van der Waals surface area (Å²) in [6, 6.07) is 11.7. The molecule has 2 aromatic rings. The molecular formula is C24H31N3O4. The number of hydrogen-bond acceptors (Lipinski definition) is 6. The molecule has 1 saturated heterocycles. The van der Waals surface area contributed by atoms with Crippen molar-refractivity contribution in [1.29, 1.82) is 0 Å². The maximum atomic E-state index is 12.9. The predicted octanol–water partition coefficient (Wildman–Crippen LogP) is 2.53. The van der Waals surface area contributed by atoms with Gasteiger partial charge in [0, 0.05) is 44.8 Å². The van der Waals surface area contributed by atoms with Crippen molar-refractivity contribution in [3.63, 3.8) is 0 Å². The number of hydrogen-bond donors (Lipinski definition) is 1. The molecule has 2 heterocycles. The van der Waals surface area contributed by atoms with E-state index < -0.39 is 0 Å². The van der Waals surface area contributed by atoms with Crippen molar-refractivity contribution in [1.82, 2.24) is 15.1 Å². The molecule has 7 heteroatoms. The Kier molecular flexibility index (Phi) is 6.94. The summed E-state index contributed by atoms with van der Waals surface area (Å²) in [5, 5.41) is 3.05. The summed E-state index contributed by atoms with van der Waals surface area (Å²) in [6.07, 6.45) is 0. The van der Waals surface area contributed by atoms with E-state index in [4.69, 9.17) is 14.2 Å². The summed E-state index contributed by atoms with van der Waals surface area (Å²) >= 11 is 0. The van der Waals surface area contributed by atoms with Crippen molar-refractivity contribution in [2.45, 2.75) is 20.0 Å². The molecular weight excluding hydrogens is 394 g/mol. The molecule has 0 radical (unpaired) electrons. The van der Waals surface area contributed by atoms with Crippen LogP contribution < -0.4 is 19.5 Å². The summed E-state index contributed by atoms with van der Waals surface area (Å²) in [7, 11) is 1.56. The van der Waals surface area contributed by atoms with Crippen LogP contribution in [0.15, 0.2) is 36.4 Å². The van der Waals surface area contributed by atoms with E-state index in [1.54, 1.807) is 19.2 Å². The first kappa shape index (κ1) is 21.5. The first-order valence-electron chi connectivity index (χ1n) is 10.9. The Morgan fingerprint density at radius 3 is 2.48 bits per heavy atom. The zero-order valence-corrected chi connectivity index (χ0v) is 18.4. The molecule has 0 unspecified atom stereocenters. The predicted molar refractivity (Wildman–Crippen MR) is 119 cm³/mol. The minimum absolute atomic E-state index is 0.165. The lowest BCUT2D eigenvalue weighted by molar-refractivity contribution is 0.0948. The minimum Gasteiger partial charge on any atom is -0.493 e. The average molecular weight is 426 g/mol. The van der Waals surface area contributed by atoms with Crippen molar-refractivity contribution >= 4 is 5.91 Å². The first-order valence-corrected chi connectivity index (χ1v) is 10.9. The first-order chi connectivity index (χ1) is 15.2. The van der Waals surface area contributed by atoms with Crippen LogP contribution in [0.25, 0.3) is 0 Å². The summed E-state index contributed by atoms with van der Waals surface area (Å²) in [6.45, 7) is 10.0. The normalized spacial score (nSPS) is 16.7. The van der Waals surface area contributed by atoms with Gasteiger partial charge in [-0.1, -0.05) is 31.2 Å². The second-order valence-corrected chi connectivity index (χ2v) is 7.86. The smallest absolute Gasteiger partial charge is 0.251 e. The Morgan fingerprint density at radius 2 is 1.74 bits per heavy atom. The van der Waals surface area contributed by atoms with E-state index in [0.717, 1.165) is 44.8 Å². The van der Waals surface area contributed by atoms with Gasteiger partial charge < -0.3 is 24.4 Å². The van der Waals surface area contributed by atoms with Gasteiger partial charge in [-0.3, -0.25) is 9.69 Å². The number of nitrogens with zero attached hydrogens (tertiary/aromatic N) is 2. The SMILES string of the molecule is CCN1CCN(Cc2ccccc2CNC(=O)c2cc(OC)c3c(c2)OCCO3)CC1. The lowest BCUT2D eigenvalue weighted by atomic mass is 10.1. The fourth-order valence-electron chi connectivity index (χ4n) is 4.07. The Labute approximate surface area is 183 Å². The van der Waals surface area contributed by atoms with Crippen LogP contribution in [-0.4, -0.2) is 68.8 Å². The number of ether oxygens (including phenoxy) is 3. The van der Waals surface area contributed by atoms with Gasteiger partial charge in [-0.05, 0) is 29.8 Å². The Bertz CT molecular complexity index is 892. The van der Waals surface area contributed by atoms with Gasteiger partial charge in [0.05, 0.1) is 7.11 Å². The minimum atomic E-state index is -0.165. The van der Waals surface area contributed by atoms with Gasteiger partial charge in [0.2, 0.25) is 5.75 Å². The fourth-order valence-corrected chi connectivity index (χ4v) is 4.07. The number of carbonyl (C=O) groups excluding carboxylic acids is 1. The van der Waals surface area contributed by atoms with Crippen LogP contribution in [0.1, 0.15) is 28.4 Å². The van der Waals surface area contributed by atoms with Crippen LogP contribution in [0.4, 0.5) is 0 Å². The van der Waals surface area contributed by atoms with Crippen molar-refractivity contribution in [2.24, 2.45) is 0 Å². The molecule has 4 rings (SSSR count). The summed E-state index contributed by atoms with van der Waals surface area (Å²) in [4.78, 5) is 17.8. The quantitative estimate of drug-likeness (QED) is 0.736. The molecule has 166 valence electrons. The maximum Gasteiger partial charge on any atom is 0.251 e. The number of benzene rings is 2. The van der Waals surface area contributed by atoms with Crippen LogP contribution in [0.2, 0.25) is 0 Å². The van der Waals surface area contributed by atoms with Gasteiger partial charge in [0.1, 0.15) is 13.2 Å². The van der Waals surface area contributed by atoms with Crippen LogP contribution in [-0.2, 0) is 13.1 Å². The van der Waals surface area contributed by atoms with Crippen LogP contribution in [0.3, 0.4) is 0 Å². The van der Waals surface area contributed by atoms with Gasteiger partial charge in [-0.15, -0.1) is 0 Å². The highest BCUT2D eigenvalue weighted by atomic mass is 16.6. The number of methoxy groups -OCH3 is 1. The Morgan fingerprint density at radius 1 is 1.03 bits per heavy atom. The number of amides is 1. The highest BCUT2D eigenvalue weighted by Crippen LogP contribution is 2.40. The van der Waals surface area contributed by atoms with E-state index in [1.807, 2.05) is 6.07 Å². The number of fused-ring (bicyclic) bond motifs is 1. The average Bonchev–Trinajstić information content (AvgIpc) is 2.83. The standard InChI is InChI=1S/C24H31N3O4/c1-3-26-8-10-27(11-9-26)17-19-7-5-4-6-18(19)16-25-24(28)20-14-21(29-2)23-22(15-20)30-12-13-31-23/h4-7,14-15H,3,8-13,16-17H2,1-2H3,(H,25,28). The number of piperazine rings is 1. The highest BCUT2D eigenvalue weighted by molar-refractivity contribution is 5.95. The van der Waals surface area contributed by atoms with E-state index in [1.165, 1.54) is 5.56 Å². The van der Waals surface area contributed by atoms with Gasteiger partial charge >= 0.3 is 0 Å². The monoisotopic (exact) mass is 425 g/mol. The topological polar surface area (TPSA) is 63.3 Å². The molecule has 0 aromatic heterocycles. The van der Waals surface area contributed by atoms with Crippen LogP contribution in [0.5, 0.6) is 17.2 Å². The van der Waals surface area contributed by atoms with Gasteiger partial charge in [-0.25, -0.2) is 0 Å². The molecule has 1 fully saturated rings.